The first kappa shape index (κ1) is 16.9. The molecule has 0 amide bonds. The molecule has 25 heavy (non-hydrogen) atoms. The Hall–Kier alpha value is -1.57. The molecule has 0 unspecified atom stereocenters. The Kier molecular flexibility index (Phi) is 5.24. The summed E-state index contributed by atoms with van der Waals surface area (Å²) in [5.41, 5.74) is 2.76. The van der Waals surface area contributed by atoms with Crippen molar-refractivity contribution in [2.75, 3.05) is 29.5 Å². The van der Waals surface area contributed by atoms with E-state index in [0.717, 1.165) is 52.2 Å². The van der Waals surface area contributed by atoms with Crippen molar-refractivity contribution in [3.63, 3.8) is 0 Å². The summed E-state index contributed by atoms with van der Waals surface area (Å²) >= 11 is 9.81. The van der Waals surface area contributed by atoms with E-state index in [1.165, 1.54) is 5.56 Å². The third kappa shape index (κ3) is 3.83. The molecule has 3 heterocycles. The highest BCUT2D eigenvalue weighted by Crippen LogP contribution is 2.31. The number of aromatic nitrogens is 4. The highest BCUT2D eigenvalue weighted by atomic mass is 35.5. The van der Waals surface area contributed by atoms with Crippen molar-refractivity contribution in [3.05, 3.63) is 47.5 Å². The van der Waals surface area contributed by atoms with E-state index in [4.69, 9.17) is 11.6 Å². The topological polar surface area (TPSA) is 54.8 Å². The fourth-order valence-electron chi connectivity index (χ4n) is 2.71. The van der Waals surface area contributed by atoms with Crippen LogP contribution in [0, 0.1) is 0 Å². The van der Waals surface area contributed by atoms with Crippen molar-refractivity contribution < 1.29 is 0 Å². The molecule has 8 heteroatoms. The first-order valence-electron chi connectivity index (χ1n) is 7.99. The Labute approximate surface area is 159 Å². The molecular weight excluding hydrogens is 374 g/mol. The number of hydrogen-bond acceptors (Lipinski definition) is 7. The molecule has 0 N–H and O–H groups in total. The predicted molar refractivity (Wildman–Crippen MR) is 106 cm³/mol. The van der Waals surface area contributed by atoms with E-state index >= 15 is 0 Å². The molecule has 0 bridgehead atoms. The molecule has 1 saturated heterocycles. The fraction of sp³-hybridized carbons (Fsp3) is 0.294. The molecule has 1 aliphatic heterocycles. The minimum Gasteiger partial charge on any atom is -0.353 e. The third-order valence-electron chi connectivity index (χ3n) is 3.93. The van der Waals surface area contributed by atoms with Gasteiger partial charge in [-0.25, -0.2) is 15.0 Å². The molecule has 1 fully saturated rings. The van der Waals surface area contributed by atoms with Crippen molar-refractivity contribution in [1.82, 2.24) is 19.9 Å². The summed E-state index contributed by atoms with van der Waals surface area (Å²) in [6, 6.07) is 10.3. The molecule has 5 nitrogen and oxygen atoms in total. The Morgan fingerprint density at radius 3 is 2.64 bits per heavy atom. The van der Waals surface area contributed by atoms with Crippen LogP contribution in [-0.2, 0) is 5.75 Å². The van der Waals surface area contributed by atoms with Crippen molar-refractivity contribution >= 4 is 52.0 Å². The molecule has 1 aliphatic rings. The lowest BCUT2D eigenvalue weighted by atomic mass is 10.2. The van der Waals surface area contributed by atoms with Crippen LogP contribution in [0.15, 0.2) is 41.7 Å². The van der Waals surface area contributed by atoms with Crippen LogP contribution >= 0.6 is 35.1 Å². The quantitative estimate of drug-likeness (QED) is 0.380. The van der Waals surface area contributed by atoms with Gasteiger partial charge in [-0.15, -0.1) is 0 Å². The van der Waals surface area contributed by atoms with Gasteiger partial charge in [0.1, 0.15) is 22.4 Å². The number of anilines is 1. The normalized spacial score (nSPS) is 14.8. The summed E-state index contributed by atoms with van der Waals surface area (Å²) in [6.07, 6.45) is 1.59. The molecule has 0 atom stereocenters. The number of rotatable bonds is 4. The smallest absolute Gasteiger partial charge is 0.225 e. The van der Waals surface area contributed by atoms with Gasteiger partial charge in [-0.1, -0.05) is 42.1 Å². The van der Waals surface area contributed by atoms with Crippen LogP contribution in [0.5, 0.6) is 0 Å². The molecule has 4 rings (SSSR count). The maximum absolute atomic E-state index is 6.21. The van der Waals surface area contributed by atoms with Crippen molar-refractivity contribution in [2.24, 2.45) is 0 Å². The highest BCUT2D eigenvalue weighted by molar-refractivity contribution is 7.99. The van der Waals surface area contributed by atoms with Crippen LogP contribution in [0.3, 0.4) is 0 Å². The zero-order chi connectivity index (χ0) is 17.1. The van der Waals surface area contributed by atoms with E-state index in [-0.39, 0.29) is 5.28 Å². The number of benzene rings is 1. The zero-order valence-corrected chi connectivity index (χ0v) is 15.8. The summed E-state index contributed by atoms with van der Waals surface area (Å²) in [6.45, 7) is 1.90. The second-order valence-corrected chi connectivity index (χ2v) is 8.09. The summed E-state index contributed by atoms with van der Waals surface area (Å²) in [7, 11) is 0. The monoisotopic (exact) mass is 389 g/mol. The van der Waals surface area contributed by atoms with Gasteiger partial charge in [0, 0.05) is 30.3 Å². The third-order valence-corrected chi connectivity index (χ3v) is 6.09. The van der Waals surface area contributed by atoms with Crippen LogP contribution in [0.2, 0.25) is 5.28 Å². The molecule has 3 aromatic rings. The second-order valence-electron chi connectivity index (χ2n) is 5.57. The lowest BCUT2D eigenvalue weighted by Crippen LogP contribution is -2.33. The molecule has 0 saturated carbocycles. The minimum atomic E-state index is 0.247. The van der Waals surface area contributed by atoms with Crippen molar-refractivity contribution in [2.45, 2.75) is 10.8 Å². The number of hydrogen-bond donors (Lipinski definition) is 0. The summed E-state index contributed by atoms with van der Waals surface area (Å²) in [5, 5.41) is 1.09. The number of thioether (sulfide) groups is 2. The molecule has 2 aromatic heterocycles. The van der Waals surface area contributed by atoms with Crippen molar-refractivity contribution in [3.8, 4) is 0 Å². The van der Waals surface area contributed by atoms with Gasteiger partial charge < -0.3 is 4.90 Å². The summed E-state index contributed by atoms with van der Waals surface area (Å²) in [5.74, 6) is 3.82. The standard InChI is InChI=1S/C17H16ClN5S2/c18-17-21-14-13(15(22-17)23-6-8-24-9-7-23)19-11-20-16(14)25-10-12-4-2-1-3-5-12/h1-5,11H,6-10H2. The molecule has 0 aliphatic carbocycles. The average Bonchev–Trinajstić information content (AvgIpc) is 2.67. The van der Waals surface area contributed by atoms with Crippen LogP contribution in [0.1, 0.15) is 5.56 Å². The molecule has 0 spiro atoms. The van der Waals surface area contributed by atoms with Crippen LogP contribution in [-0.4, -0.2) is 44.5 Å². The lowest BCUT2D eigenvalue weighted by molar-refractivity contribution is 0.838. The van der Waals surface area contributed by atoms with E-state index in [0.29, 0.717) is 0 Å². The SMILES string of the molecule is Clc1nc(N2CCSCC2)c2ncnc(SCc3ccccc3)c2n1. The van der Waals surface area contributed by atoms with Gasteiger partial charge in [-0.05, 0) is 17.2 Å². The number of nitrogens with zero attached hydrogens (tertiary/aromatic N) is 5. The number of fused-ring (bicyclic) bond motifs is 1. The van der Waals surface area contributed by atoms with Crippen LogP contribution < -0.4 is 4.90 Å². The van der Waals surface area contributed by atoms with Gasteiger partial charge >= 0.3 is 0 Å². The largest absolute Gasteiger partial charge is 0.353 e. The predicted octanol–water partition coefficient (Wildman–Crippen LogP) is 3.92. The Morgan fingerprint density at radius 1 is 1.04 bits per heavy atom. The average molecular weight is 390 g/mol. The molecule has 128 valence electrons. The van der Waals surface area contributed by atoms with Gasteiger partial charge in [-0.2, -0.15) is 16.7 Å². The van der Waals surface area contributed by atoms with E-state index in [9.17, 15) is 0 Å². The van der Waals surface area contributed by atoms with E-state index in [1.807, 2.05) is 30.0 Å². The van der Waals surface area contributed by atoms with Gasteiger partial charge in [0.2, 0.25) is 5.28 Å². The van der Waals surface area contributed by atoms with E-state index in [1.54, 1.807) is 18.1 Å². The van der Waals surface area contributed by atoms with Gasteiger partial charge in [0.25, 0.3) is 0 Å². The minimum absolute atomic E-state index is 0.247. The van der Waals surface area contributed by atoms with E-state index < -0.39 is 0 Å². The summed E-state index contributed by atoms with van der Waals surface area (Å²) in [4.78, 5) is 20.0. The van der Waals surface area contributed by atoms with Crippen LogP contribution in [0.4, 0.5) is 5.82 Å². The second kappa shape index (κ2) is 7.76. The fourth-order valence-corrected chi connectivity index (χ4v) is 4.68. The molecule has 0 radical (unpaired) electrons. The highest BCUT2D eigenvalue weighted by Gasteiger charge is 2.20. The zero-order valence-electron chi connectivity index (χ0n) is 13.4. The molecule has 1 aromatic carbocycles. The van der Waals surface area contributed by atoms with Gasteiger partial charge in [0.15, 0.2) is 5.82 Å². The maximum Gasteiger partial charge on any atom is 0.225 e. The lowest BCUT2D eigenvalue weighted by Gasteiger charge is -2.27. The van der Waals surface area contributed by atoms with E-state index in [2.05, 4.69) is 37.0 Å². The Bertz CT molecular complexity index is 872. The first-order chi connectivity index (χ1) is 12.3. The van der Waals surface area contributed by atoms with Crippen LogP contribution in [0.25, 0.3) is 11.0 Å². The summed E-state index contributed by atoms with van der Waals surface area (Å²) < 4.78 is 0. The number of halogens is 1. The van der Waals surface area contributed by atoms with Gasteiger partial charge in [-0.3, -0.25) is 0 Å². The molecular formula is C17H16ClN5S2. The maximum atomic E-state index is 6.21. The Morgan fingerprint density at radius 2 is 1.84 bits per heavy atom. The van der Waals surface area contributed by atoms with Gasteiger partial charge in [0.05, 0.1) is 0 Å². The van der Waals surface area contributed by atoms with Crippen molar-refractivity contribution in [1.29, 1.82) is 0 Å². The Balaban J connectivity index is 1.69. The first-order valence-corrected chi connectivity index (χ1v) is 10.5.